The van der Waals surface area contributed by atoms with E-state index in [1.54, 1.807) is 0 Å². The van der Waals surface area contributed by atoms with Crippen LogP contribution in [0.3, 0.4) is 0 Å². The van der Waals surface area contributed by atoms with E-state index in [9.17, 15) is 0 Å². The summed E-state index contributed by atoms with van der Waals surface area (Å²) >= 11 is 0. The number of nitrogens with zero attached hydrogens (tertiary/aromatic N) is 1. The van der Waals surface area contributed by atoms with Gasteiger partial charge in [-0.15, -0.1) is 0 Å². The molecule has 2 aliphatic heterocycles. The standard InChI is InChI=1S/C15H30N2/c1-14-4-2-11-17(13-8-14)12-3-5-15-6-9-16-10-7-15/h14-16H,2-13H2,1H3. The van der Waals surface area contributed by atoms with Gasteiger partial charge in [-0.3, -0.25) is 0 Å². The first-order valence-corrected chi connectivity index (χ1v) is 7.77. The van der Waals surface area contributed by atoms with Crippen LogP contribution in [-0.4, -0.2) is 37.6 Å². The van der Waals surface area contributed by atoms with Crippen molar-refractivity contribution in [2.24, 2.45) is 11.8 Å². The fourth-order valence-electron chi connectivity index (χ4n) is 3.32. The molecule has 0 bridgehead atoms. The number of rotatable bonds is 4. The predicted molar refractivity (Wildman–Crippen MR) is 74.3 cm³/mol. The Morgan fingerprint density at radius 1 is 1.06 bits per heavy atom. The summed E-state index contributed by atoms with van der Waals surface area (Å²) in [6, 6.07) is 0. The molecular formula is C15H30N2. The van der Waals surface area contributed by atoms with Crippen molar-refractivity contribution in [3.8, 4) is 0 Å². The molecule has 1 atom stereocenters. The second-order valence-corrected chi connectivity index (χ2v) is 6.21. The van der Waals surface area contributed by atoms with Gasteiger partial charge in [0.2, 0.25) is 0 Å². The van der Waals surface area contributed by atoms with Crippen molar-refractivity contribution in [1.82, 2.24) is 10.2 Å². The molecule has 2 saturated heterocycles. The molecule has 1 N–H and O–H groups in total. The van der Waals surface area contributed by atoms with E-state index in [1.165, 1.54) is 77.7 Å². The molecule has 0 radical (unpaired) electrons. The smallest absolute Gasteiger partial charge is 0.00162 e. The average molecular weight is 238 g/mol. The van der Waals surface area contributed by atoms with Gasteiger partial charge < -0.3 is 10.2 Å². The van der Waals surface area contributed by atoms with Crippen molar-refractivity contribution in [3.63, 3.8) is 0 Å². The number of piperidine rings is 1. The summed E-state index contributed by atoms with van der Waals surface area (Å²) in [6.45, 7) is 9.00. The lowest BCUT2D eigenvalue weighted by Gasteiger charge is -2.24. The molecule has 0 aliphatic carbocycles. The SMILES string of the molecule is CC1CCCN(CCCC2CCNCC2)CC1. The summed E-state index contributed by atoms with van der Waals surface area (Å²) in [6.07, 6.45) is 10.0. The molecular weight excluding hydrogens is 208 g/mol. The summed E-state index contributed by atoms with van der Waals surface area (Å²) < 4.78 is 0. The fourth-order valence-corrected chi connectivity index (χ4v) is 3.32. The number of nitrogens with one attached hydrogen (secondary N) is 1. The molecule has 0 aromatic carbocycles. The molecule has 0 spiro atoms. The van der Waals surface area contributed by atoms with Crippen molar-refractivity contribution in [2.45, 2.75) is 51.9 Å². The molecule has 0 aromatic rings. The average Bonchev–Trinajstić information content (AvgIpc) is 2.56. The molecule has 2 aliphatic rings. The molecule has 2 heterocycles. The quantitative estimate of drug-likeness (QED) is 0.810. The Labute approximate surface area is 107 Å². The van der Waals surface area contributed by atoms with Gasteiger partial charge in [0.05, 0.1) is 0 Å². The summed E-state index contributed by atoms with van der Waals surface area (Å²) in [5, 5.41) is 3.46. The minimum atomic E-state index is 0.962. The number of likely N-dealkylation sites (tertiary alicyclic amines) is 1. The van der Waals surface area contributed by atoms with E-state index < -0.39 is 0 Å². The Morgan fingerprint density at radius 2 is 1.88 bits per heavy atom. The maximum Gasteiger partial charge on any atom is -0.00162 e. The van der Waals surface area contributed by atoms with Crippen molar-refractivity contribution in [1.29, 1.82) is 0 Å². The van der Waals surface area contributed by atoms with E-state index in [0.717, 1.165) is 11.8 Å². The van der Waals surface area contributed by atoms with Crippen LogP contribution >= 0.6 is 0 Å². The van der Waals surface area contributed by atoms with Crippen LogP contribution in [0.5, 0.6) is 0 Å². The summed E-state index contributed by atoms with van der Waals surface area (Å²) in [4.78, 5) is 2.71. The topological polar surface area (TPSA) is 15.3 Å². The van der Waals surface area contributed by atoms with Gasteiger partial charge in [0, 0.05) is 0 Å². The van der Waals surface area contributed by atoms with E-state index in [-0.39, 0.29) is 0 Å². The van der Waals surface area contributed by atoms with E-state index in [1.807, 2.05) is 0 Å². The lowest BCUT2D eigenvalue weighted by molar-refractivity contribution is 0.257. The lowest BCUT2D eigenvalue weighted by Crippen LogP contribution is -2.29. The van der Waals surface area contributed by atoms with Gasteiger partial charge in [0.25, 0.3) is 0 Å². The van der Waals surface area contributed by atoms with Gasteiger partial charge in [-0.05, 0) is 89.5 Å². The van der Waals surface area contributed by atoms with Crippen LogP contribution in [0.25, 0.3) is 0 Å². The molecule has 1 unspecified atom stereocenters. The molecule has 2 rings (SSSR count). The molecule has 0 saturated carbocycles. The van der Waals surface area contributed by atoms with E-state index in [2.05, 4.69) is 17.1 Å². The van der Waals surface area contributed by atoms with Crippen LogP contribution in [0.2, 0.25) is 0 Å². The normalized spacial score (nSPS) is 29.1. The highest BCUT2D eigenvalue weighted by atomic mass is 15.1. The third-order valence-electron chi connectivity index (χ3n) is 4.65. The Balaban J connectivity index is 1.57. The highest BCUT2D eigenvalue weighted by Crippen LogP contribution is 2.20. The summed E-state index contributed by atoms with van der Waals surface area (Å²) in [5.74, 6) is 1.98. The molecule has 0 aromatic heterocycles. The van der Waals surface area contributed by atoms with Crippen molar-refractivity contribution in [3.05, 3.63) is 0 Å². The maximum absolute atomic E-state index is 3.46. The van der Waals surface area contributed by atoms with Gasteiger partial charge in [-0.25, -0.2) is 0 Å². The van der Waals surface area contributed by atoms with Crippen molar-refractivity contribution < 1.29 is 0 Å². The Bertz CT molecular complexity index is 199. The van der Waals surface area contributed by atoms with Crippen LogP contribution in [0, 0.1) is 11.8 Å². The van der Waals surface area contributed by atoms with E-state index in [0.29, 0.717) is 0 Å². The van der Waals surface area contributed by atoms with E-state index >= 15 is 0 Å². The zero-order valence-corrected chi connectivity index (χ0v) is 11.6. The minimum absolute atomic E-state index is 0.962. The predicted octanol–water partition coefficient (Wildman–Crippen LogP) is 2.89. The minimum Gasteiger partial charge on any atom is -0.317 e. The molecule has 2 nitrogen and oxygen atoms in total. The van der Waals surface area contributed by atoms with Gasteiger partial charge in [0.15, 0.2) is 0 Å². The van der Waals surface area contributed by atoms with Gasteiger partial charge in [-0.1, -0.05) is 6.92 Å². The van der Waals surface area contributed by atoms with Crippen LogP contribution in [-0.2, 0) is 0 Å². The molecule has 17 heavy (non-hydrogen) atoms. The van der Waals surface area contributed by atoms with Gasteiger partial charge >= 0.3 is 0 Å². The molecule has 0 amide bonds. The second kappa shape index (κ2) is 7.38. The Kier molecular flexibility index (Phi) is 5.79. The van der Waals surface area contributed by atoms with Gasteiger partial charge in [0.1, 0.15) is 0 Å². The summed E-state index contributed by atoms with van der Waals surface area (Å²) in [5.41, 5.74) is 0. The number of hydrogen-bond donors (Lipinski definition) is 1. The summed E-state index contributed by atoms with van der Waals surface area (Å²) in [7, 11) is 0. The van der Waals surface area contributed by atoms with Crippen LogP contribution < -0.4 is 5.32 Å². The van der Waals surface area contributed by atoms with Crippen LogP contribution in [0.1, 0.15) is 51.9 Å². The van der Waals surface area contributed by atoms with Crippen molar-refractivity contribution >= 4 is 0 Å². The zero-order valence-electron chi connectivity index (χ0n) is 11.6. The van der Waals surface area contributed by atoms with Crippen LogP contribution in [0.15, 0.2) is 0 Å². The first-order valence-electron chi connectivity index (χ1n) is 7.77. The van der Waals surface area contributed by atoms with Crippen molar-refractivity contribution in [2.75, 3.05) is 32.7 Å². The molecule has 2 fully saturated rings. The molecule has 2 heteroatoms. The fraction of sp³-hybridized carbons (Fsp3) is 1.00. The Hall–Kier alpha value is -0.0800. The third-order valence-corrected chi connectivity index (χ3v) is 4.65. The molecule has 100 valence electrons. The first-order chi connectivity index (χ1) is 8.34. The number of hydrogen-bond acceptors (Lipinski definition) is 2. The lowest BCUT2D eigenvalue weighted by atomic mass is 9.93. The highest BCUT2D eigenvalue weighted by molar-refractivity contribution is 4.71. The third kappa shape index (κ3) is 4.97. The largest absolute Gasteiger partial charge is 0.317 e. The first kappa shape index (κ1) is 13.4. The highest BCUT2D eigenvalue weighted by Gasteiger charge is 2.15. The maximum atomic E-state index is 3.46. The van der Waals surface area contributed by atoms with Crippen LogP contribution in [0.4, 0.5) is 0 Å². The van der Waals surface area contributed by atoms with E-state index in [4.69, 9.17) is 0 Å². The second-order valence-electron chi connectivity index (χ2n) is 6.21. The van der Waals surface area contributed by atoms with Gasteiger partial charge in [-0.2, -0.15) is 0 Å². The Morgan fingerprint density at radius 3 is 2.71 bits per heavy atom. The zero-order chi connectivity index (χ0) is 11.9. The monoisotopic (exact) mass is 238 g/mol.